The van der Waals surface area contributed by atoms with E-state index in [1.165, 1.54) is 4.90 Å². The predicted molar refractivity (Wildman–Crippen MR) is 74.1 cm³/mol. The maximum absolute atomic E-state index is 11.8. The predicted octanol–water partition coefficient (Wildman–Crippen LogP) is 0.775. The standard InChI is InChI=1S/C14H16N2O5/c1-2-21-14(20)15-12(17)8-16-10-6-4-3-5-9(10)7-11(16)13(18)19/h3-6,11H,2,7-8H2,1H3,(H,18,19)(H,15,17,20). The van der Waals surface area contributed by atoms with Crippen LogP contribution in [0.5, 0.6) is 0 Å². The molecule has 112 valence electrons. The number of nitrogens with one attached hydrogen (secondary N) is 1. The van der Waals surface area contributed by atoms with Gasteiger partial charge in [0, 0.05) is 12.1 Å². The van der Waals surface area contributed by atoms with Crippen molar-refractivity contribution in [2.75, 3.05) is 18.1 Å². The molecule has 2 amide bonds. The summed E-state index contributed by atoms with van der Waals surface area (Å²) in [6, 6.07) is 6.37. The van der Waals surface area contributed by atoms with Crippen LogP contribution >= 0.6 is 0 Å². The summed E-state index contributed by atoms with van der Waals surface area (Å²) in [7, 11) is 0. The summed E-state index contributed by atoms with van der Waals surface area (Å²) >= 11 is 0. The summed E-state index contributed by atoms with van der Waals surface area (Å²) in [4.78, 5) is 35.8. The molecule has 2 rings (SSSR count). The number of alkyl carbamates (subject to hydrolysis) is 1. The first-order valence-corrected chi connectivity index (χ1v) is 6.57. The first-order valence-electron chi connectivity index (χ1n) is 6.57. The maximum atomic E-state index is 11.8. The van der Waals surface area contributed by atoms with Crippen LogP contribution in [0.3, 0.4) is 0 Å². The van der Waals surface area contributed by atoms with Crippen molar-refractivity contribution in [3.05, 3.63) is 29.8 Å². The van der Waals surface area contributed by atoms with Crippen LogP contribution in [0.15, 0.2) is 24.3 Å². The van der Waals surface area contributed by atoms with Gasteiger partial charge in [-0.3, -0.25) is 10.1 Å². The molecule has 7 heteroatoms. The van der Waals surface area contributed by atoms with Crippen molar-refractivity contribution < 1.29 is 24.2 Å². The lowest BCUT2D eigenvalue weighted by molar-refractivity contribution is -0.138. The Bertz CT molecular complexity index is 572. The lowest BCUT2D eigenvalue weighted by atomic mass is 10.1. The third-order valence-corrected chi connectivity index (χ3v) is 3.21. The van der Waals surface area contributed by atoms with Gasteiger partial charge in [-0.15, -0.1) is 0 Å². The molecule has 0 spiro atoms. The summed E-state index contributed by atoms with van der Waals surface area (Å²) in [5, 5.41) is 11.3. The molecular formula is C14H16N2O5. The van der Waals surface area contributed by atoms with Crippen LogP contribution in [0.25, 0.3) is 0 Å². The number of hydrogen-bond acceptors (Lipinski definition) is 5. The zero-order valence-corrected chi connectivity index (χ0v) is 11.5. The number of aliphatic carboxylic acids is 1. The van der Waals surface area contributed by atoms with Crippen molar-refractivity contribution in [3.63, 3.8) is 0 Å². The minimum absolute atomic E-state index is 0.156. The Morgan fingerprint density at radius 2 is 2.10 bits per heavy atom. The van der Waals surface area contributed by atoms with Gasteiger partial charge in [-0.2, -0.15) is 0 Å². The SMILES string of the molecule is CCOC(=O)NC(=O)CN1c2ccccc2CC1C(=O)O. The van der Waals surface area contributed by atoms with Crippen LogP contribution in [0, 0.1) is 0 Å². The molecule has 1 unspecified atom stereocenters. The number of benzene rings is 1. The number of carboxylic acid groups (broad SMARTS) is 1. The molecule has 1 aromatic rings. The Morgan fingerprint density at radius 1 is 1.38 bits per heavy atom. The average Bonchev–Trinajstić information content (AvgIpc) is 2.78. The van der Waals surface area contributed by atoms with Gasteiger partial charge in [0.25, 0.3) is 0 Å². The van der Waals surface area contributed by atoms with E-state index in [4.69, 9.17) is 0 Å². The monoisotopic (exact) mass is 292 g/mol. The van der Waals surface area contributed by atoms with Gasteiger partial charge in [0.2, 0.25) is 5.91 Å². The second-order valence-electron chi connectivity index (χ2n) is 4.58. The van der Waals surface area contributed by atoms with Crippen molar-refractivity contribution in [3.8, 4) is 0 Å². The van der Waals surface area contributed by atoms with Crippen LogP contribution in [-0.4, -0.2) is 42.3 Å². The van der Waals surface area contributed by atoms with Gasteiger partial charge in [-0.1, -0.05) is 18.2 Å². The van der Waals surface area contributed by atoms with Crippen LogP contribution in [0.2, 0.25) is 0 Å². The van der Waals surface area contributed by atoms with Crippen molar-refractivity contribution in [2.45, 2.75) is 19.4 Å². The van der Waals surface area contributed by atoms with Gasteiger partial charge in [-0.05, 0) is 18.6 Å². The highest BCUT2D eigenvalue weighted by Crippen LogP contribution is 2.31. The number of nitrogens with zero attached hydrogens (tertiary/aromatic N) is 1. The third kappa shape index (κ3) is 3.31. The van der Waals surface area contributed by atoms with Gasteiger partial charge in [0.15, 0.2) is 0 Å². The minimum atomic E-state index is -1.00. The summed E-state index contributed by atoms with van der Waals surface area (Å²) in [6.45, 7) is 1.57. The van der Waals surface area contributed by atoms with Gasteiger partial charge < -0.3 is 14.7 Å². The second-order valence-corrected chi connectivity index (χ2v) is 4.58. The Hall–Kier alpha value is -2.57. The molecule has 7 nitrogen and oxygen atoms in total. The largest absolute Gasteiger partial charge is 0.480 e. The second kappa shape index (κ2) is 6.25. The molecule has 0 radical (unpaired) electrons. The number of carbonyl (C=O) groups is 3. The summed E-state index contributed by atoms with van der Waals surface area (Å²) in [6.07, 6.45) is -0.500. The molecule has 0 saturated heterocycles. The highest BCUT2D eigenvalue weighted by Gasteiger charge is 2.35. The molecule has 0 aliphatic carbocycles. The minimum Gasteiger partial charge on any atom is -0.480 e. The zero-order valence-electron chi connectivity index (χ0n) is 11.5. The molecule has 2 N–H and O–H groups in total. The van der Waals surface area contributed by atoms with Crippen molar-refractivity contribution in [1.29, 1.82) is 0 Å². The molecule has 0 aromatic heterocycles. The van der Waals surface area contributed by atoms with Crippen molar-refractivity contribution in [1.82, 2.24) is 5.32 Å². The molecule has 21 heavy (non-hydrogen) atoms. The highest BCUT2D eigenvalue weighted by molar-refractivity contribution is 5.96. The number of para-hydroxylation sites is 1. The third-order valence-electron chi connectivity index (χ3n) is 3.21. The van der Waals surface area contributed by atoms with E-state index in [-0.39, 0.29) is 13.2 Å². The Balaban J connectivity index is 2.10. The number of carboxylic acids is 1. The Kier molecular flexibility index (Phi) is 4.42. The summed E-state index contributed by atoms with van der Waals surface area (Å²) in [5.74, 6) is -1.61. The van der Waals surface area contributed by atoms with Gasteiger partial charge in [0.05, 0.1) is 13.2 Å². The normalized spacial score (nSPS) is 16.2. The lowest BCUT2D eigenvalue weighted by Gasteiger charge is -2.23. The first kappa shape index (κ1) is 14.8. The maximum Gasteiger partial charge on any atom is 0.413 e. The number of imide groups is 1. The highest BCUT2D eigenvalue weighted by atomic mass is 16.5. The van der Waals surface area contributed by atoms with Gasteiger partial charge in [-0.25, -0.2) is 9.59 Å². The molecule has 1 aliphatic heterocycles. The molecule has 0 fully saturated rings. The fraction of sp³-hybridized carbons (Fsp3) is 0.357. The fourth-order valence-electron chi connectivity index (χ4n) is 2.34. The summed E-state index contributed by atoms with van der Waals surface area (Å²) in [5.41, 5.74) is 1.57. The van der Waals surface area contributed by atoms with E-state index >= 15 is 0 Å². The average molecular weight is 292 g/mol. The number of carbonyl (C=O) groups excluding carboxylic acids is 2. The molecule has 1 atom stereocenters. The topological polar surface area (TPSA) is 95.9 Å². The Labute approximate surface area is 121 Å². The van der Waals surface area contributed by atoms with E-state index in [0.717, 1.165) is 5.56 Å². The Morgan fingerprint density at radius 3 is 2.76 bits per heavy atom. The number of fused-ring (bicyclic) bond motifs is 1. The van der Waals surface area contributed by atoms with E-state index in [9.17, 15) is 19.5 Å². The summed E-state index contributed by atoms with van der Waals surface area (Å²) < 4.78 is 4.62. The fourth-order valence-corrected chi connectivity index (χ4v) is 2.34. The van der Waals surface area contributed by atoms with Crippen LogP contribution in [-0.2, 0) is 20.7 Å². The smallest absolute Gasteiger partial charge is 0.413 e. The number of rotatable bonds is 4. The van der Waals surface area contributed by atoms with E-state index in [1.807, 2.05) is 12.1 Å². The molecule has 1 heterocycles. The zero-order chi connectivity index (χ0) is 15.4. The molecular weight excluding hydrogens is 276 g/mol. The number of amides is 2. The van der Waals surface area contributed by atoms with Crippen molar-refractivity contribution in [2.24, 2.45) is 0 Å². The molecule has 0 bridgehead atoms. The molecule has 0 saturated carbocycles. The van der Waals surface area contributed by atoms with Crippen LogP contribution < -0.4 is 10.2 Å². The number of anilines is 1. The van der Waals surface area contributed by atoms with E-state index < -0.39 is 24.0 Å². The number of ether oxygens (including phenoxy) is 1. The quantitative estimate of drug-likeness (QED) is 0.851. The van der Waals surface area contributed by atoms with E-state index in [2.05, 4.69) is 10.1 Å². The first-order chi connectivity index (χ1) is 10.0. The molecule has 1 aromatic carbocycles. The number of hydrogen-bond donors (Lipinski definition) is 2. The van der Waals surface area contributed by atoms with E-state index in [0.29, 0.717) is 12.1 Å². The van der Waals surface area contributed by atoms with E-state index in [1.54, 1.807) is 19.1 Å². The van der Waals surface area contributed by atoms with Gasteiger partial charge >= 0.3 is 12.1 Å². The lowest BCUT2D eigenvalue weighted by Crippen LogP contribution is -2.46. The molecule has 1 aliphatic rings. The van der Waals surface area contributed by atoms with Crippen molar-refractivity contribution >= 4 is 23.7 Å². The van der Waals surface area contributed by atoms with Crippen LogP contribution in [0.4, 0.5) is 10.5 Å². The van der Waals surface area contributed by atoms with Gasteiger partial charge in [0.1, 0.15) is 6.04 Å². The van der Waals surface area contributed by atoms with Crippen LogP contribution in [0.1, 0.15) is 12.5 Å².